The third-order valence-electron chi connectivity index (χ3n) is 7.88. The zero-order valence-electron chi connectivity index (χ0n) is 13.9. The van der Waals surface area contributed by atoms with Gasteiger partial charge in [-0.15, -0.1) is 0 Å². The summed E-state index contributed by atoms with van der Waals surface area (Å²) >= 11 is 0. The van der Waals surface area contributed by atoms with E-state index in [1.165, 1.54) is 50.5 Å². The van der Waals surface area contributed by atoms with Gasteiger partial charge in [-0.25, -0.2) is 0 Å². The Morgan fingerprint density at radius 3 is 2.71 bits per heavy atom. The molecule has 1 N–H and O–H groups in total. The zero-order valence-corrected chi connectivity index (χ0v) is 13.9. The number of aliphatic hydroxyl groups excluding tert-OH is 1. The lowest BCUT2D eigenvalue weighted by atomic mass is 9.48. The van der Waals surface area contributed by atoms with E-state index in [-0.39, 0.29) is 5.41 Å². The van der Waals surface area contributed by atoms with Crippen LogP contribution in [0, 0.1) is 28.6 Å². The quantitative estimate of drug-likeness (QED) is 0.559. The van der Waals surface area contributed by atoms with E-state index in [0.717, 1.165) is 24.0 Å². The number of hydrogen-bond acceptors (Lipinski definition) is 1. The number of hydrogen-bond donors (Lipinski definition) is 1. The minimum atomic E-state index is 0.0849. The Morgan fingerprint density at radius 1 is 1.10 bits per heavy atom. The normalized spacial score (nSPS) is 49.3. The highest BCUT2D eigenvalue weighted by molar-refractivity contribution is 5.30. The first-order valence-corrected chi connectivity index (χ1v) is 9.05. The first-order chi connectivity index (χ1) is 9.97. The van der Waals surface area contributed by atoms with E-state index in [0.29, 0.717) is 11.3 Å². The van der Waals surface area contributed by atoms with Crippen molar-refractivity contribution in [2.24, 2.45) is 28.6 Å². The lowest BCUT2D eigenvalue weighted by Crippen LogP contribution is -2.48. The third-order valence-corrected chi connectivity index (χ3v) is 7.88. The lowest BCUT2D eigenvalue weighted by Gasteiger charge is -2.56. The molecule has 2 saturated carbocycles. The van der Waals surface area contributed by atoms with Crippen LogP contribution >= 0.6 is 0 Å². The van der Waals surface area contributed by atoms with E-state index >= 15 is 0 Å². The maximum atomic E-state index is 10.6. The average molecular weight is 286 g/mol. The largest absolute Gasteiger partial charge is 0.512 e. The molecule has 0 heterocycles. The lowest BCUT2D eigenvalue weighted by molar-refractivity contribution is -0.0289. The van der Waals surface area contributed by atoms with Gasteiger partial charge in [0.15, 0.2) is 0 Å². The van der Waals surface area contributed by atoms with Gasteiger partial charge in [-0.1, -0.05) is 31.9 Å². The van der Waals surface area contributed by atoms with Gasteiger partial charge in [-0.2, -0.15) is 0 Å². The molecule has 0 bridgehead atoms. The molecule has 0 aromatic rings. The molecule has 0 spiro atoms. The van der Waals surface area contributed by atoms with Crippen LogP contribution in [-0.4, -0.2) is 5.11 Å². The SMILES string of the molecule is CC1=C(O)C2(C)CCC3C(CC=C4CCCCC43C)C2C1. The van der Waals surface area contributed by atoms with Gasteiger partial charge in [-0.3, -0.25) is 0 Å². The highest BCUT2D eigenvalue weighted by Gasteiger charge is 2.57. The summed E-state index contributed by atoms with van der Waals surface area (Å²) in [6, 6.07) is 0. The molecule has 116 valence electrons. The highest BCUT2D eigenvalue weighted by Crippen LogP contribution is 2.65. The summed E-state index contributed by atoms with van der Waals surface area (Å²) in [5.41, 5.74) is 3.62. The van der Waals surface area contributed by atoms with E-state index in [2.05, 4.69) is 26.8 Å². The molecule has 4 aliphatic carbocycles. The number of aliphatic hydroxyl groups is 1. The average Bonchev–Trinajstić information content (AvgIpc) is 2.70. The molecule has 0 amide bonds. The van der Waals surface area contributed by atoms with Crippen LogP contribution in [0.5, 0.6) is 0 Å². The number of allylic oxidation sites excluding steroid dienone is 4. The molecule has 4 aliphatic rings. The van der Waals surface area contributed by atoms with Crippen molar-refractivity contribution in [2.45, 2.75) is 72.1 Å². The van der Waals surface area contributed by atoms with Crippen LogP contribution in [-0.2, 0) is 0 Å². The number of fused-ring (bicyclic) bond motifs is 5. The summed E-state index contributed by atoms with van der Waals surface area (Å²) in [6.07, 6.45) is 13.1. The molecule has 1 heteroatoms. The second-order valence-corrected chi connectivity index (χ2v) is 8.76. The third kappa shape index (κ3) is 1.69. The van der Waals surface area contributed by atoms with E-state index in [1.807, 2.05) is 0 Å². The van der Waals surface area contributed by atoms with E-state index in [1.54, 1.807) is 5.57 Å². The predicted octanol–water partition coefficient (Wildman–Crippen LogP) is 5.78. The van der Waals surface area contributed by atoms with Crippen LogP contribution in [0.1, 0.15) is 72.1 Å². The van der Waals surface area contributed by atoms with Crippen molar-refractivity contribution in [3.8, 4) is 0 Å². The smallest absolute Gasteiger partial charge is 0.0973 e. The van der Waals surface area contributed by atoms with Gasteiger partial charge < -0.3 is 5.11 Å². The maximum absolute atomic E-state index is 10.6. The molecule has 5 unspecified atom stereocenters. The van der Waals surface area contributed by atoms with Crippen molar-refractivity contribution in [1.82, 2.24) is 0 Å². The molecule has 0 aliphatic heterocycles. The molecule has 1 nitrogen and oxygen atoms in total. The van der Waals surface area contributed by atoms with Crippen molar-refractivity contribution in [3.05, 3.63) is 23.0 Å². The van der Waals surface area contributed by atoms with Gasteiger partial charge in [0, 0.05) is 5.41 Å². The van der Waals surface area contributed by atoms with Crippen molar-refractivity contribution in [3.63, 3.8) is 0 Å². The first kappa shape index (κ1) is 13.9. The summed E-state index contributed by atoms with van der Waals surface area (Å²) in [5.74, 6) is 3.10. The van der Waals surface area contributed by atoms with Crippen molar-refractivity contribution in [1.29, 1.82) is 0 Å². The molecule has 0 aromatic heterocycles. The van der Waals surface area contributed by atoms with Gasteiger partial charge in [0.1, 0.15) is 0 Å². The molecular weight excluding hydrogens is 256 g/mol. The van der Waals surface area contributed by atoms with Crippen LogP contribution in [0.25, 0.3) is 0 Å². The van der Waals surface area contributed by atoms with Crippen LogP contribution in [0.2, 0.25) is 0 Å². The summed E-state index contributed by atoms with van der Waals surface area (Å²) < 4.78 is 0. The molecule has 5 atom stereocenters. The molecule has 21 heavy (non-hydrogen) atoms. The van der Waals surface area contributed by atoms with Gasteiger partial charge in [0.25, 0.3) is 0 Å². The van der Waals surface area contributed by atoms with E-state index in [9.17, 15) is 5.11 Å². The Labute approximate surface area is 129 Å². The van der Waals surface area contributed by atoms with Crippen LogP contribution in [0.4, 0.5) is 0 Å². The molecule has 0 radical (unpaired) electrons. The molecular formula is C20H30O. The van der Waals surface area contributed by atoms with Crippen molar-refractivity contribution < 1.29 is 5.11 Å². The maximum Gasteiger partial charge on any atom is 0.0973 e. The van der Waals surface area contributed by atoms with Crippen LogP contribution in [0.3, 0.4) is 0 Å². The summed E-state index contributed by atoms with van der Waals surface area (Å²) in [4.78, 5) is 0. The van der Waals surface area contributed by atoms with Crippen LogP contribution < -0.4 is 0 Å². The zero-order chi connectivity index (χ0) is 14.8. The summed E-state index contributed by atoms with van der Waals surface area (Å²) in [6.45, 7) is 7.05. The fourth-order valence-corrected chi connectivity index (χ4v) is 6.60. The molecule has 2 fully saturated rings. The monoisotopic (exact) mass is 286 g/mol. The topological polar surface area (TPSA) is 20.2 Å². The standard InChI is InChI=1S/C20H30O/c1-13-12-17-15-8-7-14-6-4-5-10-19(14,2)16(15)9-11-20(17,3)18(13)21/h7,15-17,21H,4-6,8-12H2,1-3H3. The predicted molar refractivity (Wildman–Crippen MR) is 87.0 cm³/mol. The van der Waals surface area contributed by atoms with E-state index in [4.69, 9.17) is 0 Å². The number of rotatable bonds is 0. The Kier molecular flexibility index (Phi) is 2.91. The highest BCUT2D eigenvalue weighted by atomic mass is 16.3. The molecule has 0 aromatic carbocycles. The fourth-order valence-electron chi connectivity index (χ4n) is 6.60. The minimum Gasteiger partial charge on any atom is -0.512 e. The Bertz CT molecular complexity index is 528. The van der Waals surface area contributed by atoms with Gasteiger partial charge in [-0.05, 0) is 80.6 Å². The minimum absolute atomic E-state index is 0.0849. The Morgan fingerprint density at radius 2 is 1.90 bits per heavy atom. The van der Waals surface area contributed by atoms with E-state index < -0.39 is 0 Å². The second-order valence-electron chi connectivity index (χ2n) is 8.76. The van der Waals surface area contributed by atoms with Gasteiger partial charge >= 0.3 is 0 Å². The van der Waals surface area contributed by atoms with Crippen LogP contribution in [0.15, 0.2) is 23.0 Å². The fraction of sp³-hybridized carbons (Fsp3) is 0.800. The Balaban J connectivity index is 1.71. The van der Waals surface area contributed by atoms with Gasteiger partial charge in [0.05, 0.1) is 5.76 Å². The summed E-state index contributed by atoms with van der Waals surface area (Å²) in [7, 11) is 0. The van der Waals surface area contributed by atoms with Gasteiger partial charge in [0.2, 0.25) is 0 Å². The first-order valence-electron chi connectivity index (χ1n) is 9.05. The summed E-state index contributed by atoms with van der Waals surface area (Å²) in [5, 5.41) is 10.6. The van der Waals surface area contributed by atoms with Crippen molar-refractivity contribution >= 4 is 0 Å². The second kappa shape index (κ2) is 4.40. The molecule has 4 rings (SSSR count). The van der Waals surface area contributed by atoms with Crippen molar-refractivity contribution in [2.75, 3.05) is 0 Å². The molecule has 0 saturated heterocycles. The Hall–Kier alpha value is -0.720.